The molecular weight excluding hydrogens is 454 g/mol. The highest BCUT2D eigenvalue weighted by molar-refractivity contribution is 8.26. The van der Waals surface area contributed by atoms with Crippen LogP contribution in [-0.2, 0) is 11.3 Å². The summed E-state index contributed by atoms with van der Waals surface area (Å²) in [5, 5.41) is 9.66. The molecule has 1 fully saturated rings. The number of hydrogen-bond acceptors (Lipinski definition) is 5. The number of amides is 1. The molecular formula is C23H16ClNO4S2. The normalized spacial score (nSPS) is 15.2. The molecule has 4 rings (SSSR count). The van der Waals surface area contributed by atoms with Gasteiger partial charge in [0.05, 0.1) is 17.0 Å². The molecule has 0 aliphatic carbocycles. The molecule has 0 bridgehead atoms. The second-order valence-corrected chi connectivity index (χ2v) is 9.02. The van der Waals surface area contributed by atoms with E-state index in [1.165, 1.54) is 23.9 Å². The minimum atomic E-state index is -0.985. The average Bonchev–Trinajstić information content (AvgIpc) is 3.31. The Kier molecular flexibility index (Phi) is 6.00. The van der Waals surface area contributed by atoms with Crippen LogP contribution in [0.25, 0.3) is 17.4 Å². The van der Waals surface area contributed by atoms with Crippen LogP contribution in [0, 0.1) is 6.92 Å². The number of halogens is 1. The van der Waals surface area contributed by atoms with Crippen LogP contribution >= 0.6 is 35.6 Å². The van der Waals surface area contributed by atoms with E-state index in [1.54, 1.807) is 35.2 Å². The highest BCUT2D eigenvalue weighted by Crippen LogP contribution is 2.35. The quantitative estimate of drug-likeness (QED) is 0.364. The van der Waals surface area contributed by atoms with Crippen LogP contribution in [0.15, 0.2) is 63.9 Å². The van der Waals surface area contributed by atoms with Gasteiger partial charge in [0.25, 0.3) is 5.91 Å². The molecule has 1 amide bonds. The lowest BCUT2D eigenvalue weighted by atomic mass is 10.1. The molecule has 0 saturated carbocycles. The van der Waals surface area contributed by atoms with Gasteiger partial charge in [0.2, 0.25) is 0 Å². The maximum atomic E-state index is 12.9. The maximum absolute atomic E-state index is 12.9. The molecule has 0 atom stereocenters. The summed E-state index contributed by atoms with van der Waals surface area (Å²) in [7, 11) is 0. The van der Waals surface area contributed by atoms with Crippen molar-refractivity contribution < 1.29 is 19.1 Å². The largest absolute Gasteiger partial charge is 0.478 e. The van der Waals surface area contributed by atoms with Gasteiger partial charge in [-0.15, -0.1) is 0 Å². The fourth-order valence-corrected chi connectivity index (χ4v) is 4.48. The Morgan fingerprint density at radius 2 is 1.94 bits per heavy atom. The third kappa shape index (κ3) is 4.58. The summed E-state index contributed by atoms with van der Waals surface area (Å²) in [5.41, 5.74) is 2.82. The number of benzene rings is 2. The standard InChI is InChI=1S/C23H16ClNO4S2/c1-13-2-3-14(10-18(13)24)12-25-21(26)20(31-23(25)30)11-17-8-9-19(29-17)15-4-6-16(7-5-15)22(27)28/h2-11H,12H2,1H3,(H,27,28)/b20-11-. The molecule has 2 heterocycles. The number of aryl methyl sites for hydroxylation is 1. The summed E-state index contributed by atoms with van der Waals surface area (Å²) in [6.07, 6.45) is 1.66. The number of carbonyl (C=O) groups excluding carboxylic acids is 1. The molecule has 5 nitrogen and oxygen atoms in total. The topological polar surface area (TPSA) is 70.8 Å². The third-order valence-corrected chi connectivity index (χ3v) is 6.55. The molecule has 1 aliphatic heterocycles. The molecule has 8 heteroatoms. The van der Waals surface area contributed by atoms with Gasteiger partial charge < -0.3 is 9.52 Å². The number of carbonyl (C=O) groups is 2. The summed E-state index contributed by atoms with van der Waals surface area (Å²) in [6.45, 7) is 2.27. The number of thioether (sulfide) groups is 1. The van der Waals surface area contributed by atoms with Crippen molar-refractivity contribution in [2.24, 2.45) is 0 Å². The molecule has 1 aliphatic rings. The zero-order valence-electron chi connectivity index (χ0n) is 16.3. The van der Waals surface area contributed by atoms with Crippen molar-refractivity contribution in [1.82, 2.24) is 4.90 Å². The van der Waals surface area contributed by atoms with Crippen molar-refractivity contribution in [2.45, 2.75) is 13.5 Å². The lowest BCUT2D eigenvalue weighted by Gasteiger charge is -2.15. The number of furan rings is 1. The van der Waals surface area contributed by atoms with E-state index in [9.17, 15) is 9.59 Å². The number of aromatic carboxylic acids is 1. The van der Waals surface area contributed by atoms with Gasteiger partial charge >= 0.3 is 5.97 Å². The molecule has 1 aromatic heterocycles. The lowest BCUT2D eigenvalue weighted by molar-refractivity contribution is -0.122. The molecule has 0 spiro atoms. The Balaban J connectivity index is 1.51. The van der Waals surface area contributed by atoms with Gasteiger partial charge in [0.1, 0.15) is 15.8 Å². The molecule has 2 aromatic carbocycles. The Labute approximate surface area is 193 Å². The number of hydrogen-bond donors (Lipinski definition) is 1. The van der Waals surface area contributed by atoms with Crippen LogP contribution in [0.2, 0.25) is 5.02 Å². The summed E-state index contributed by atoms with van der Waals surface area (Å²) in [6, 6.07) is 15.6. The van der Waals surface area contributed by atoms with Gasteiger partial charge in [-0.2, -0.15) is 0 Å². The Morgan fingerprint density at radius 3 is 2.61 bits per heavy atom. The summed E-state index contributed by atoms with van der Waals surface area (Å²) in [4.78, 5) is 25.9. The van der Waals surface area contributed by atoms with Gasteiger partial charge in [-0.05, 0) is 48.4 Å². The number of carboxylic acids is 1. The van der Waals surface area contributed by atoms with Crippen molar-refractivity contribution >= 4 is 57.9 Å². The average molecular weight is 470 g/mol. The SMILES string of the molecule is Cc1ccc(CN2C(=O)/C(=C/c3ccc(-c4ccc(C(=O)O)cc4)o3)SC2=S)cc1Cl. The zero-order valence-corrected chi connectivity index (χ0v) is 18.7. The molecule has 156 valence electrons. The second-order valence-electron chi connectivity index (χ2n) is 6.94. The highest BCUT2D eigenvalue weighted by Gasteiger charge is 2.32. The third-order valence-electron chi connectivity index (χ3n) is 4.77. The minimum absolute atomic E-state index is 0.185. The van der Waals surface area contributed by atoms with Crippen LogP contribution in [-0.4, -0.2) is 26.2 Å². The maximum Gasteiger partial charge on any atom is 0.335 e. The van der Waals surface area contributed by atoms with Gasteiger partial charge in [-0.1, -0.05) is 59.8 Å². The van der Waals surface area contributed by atoms with Crippen LogP contribution in [0.3, 0.4) is 0 Å². The van der Waals surface area contributed by atoms with E-state index in [1.807, 2.05) is 25.1 Å². The van der Waals surface area contributed by atoms with Crippen molar-refractivity contribution in [3.63, 3.8) is 0 Å². The van der Waals surface area contributed by atoms with E-state index >= 15 is 0 Å². The Bertz CT molecular complexity index is 1230. The van der Waals surface area contributed by atoms with E-state index < -0.39 is 5.97 Å². The summed E-state index contributed by atoms with van der Waals surface area (Å²) in [5.74, 6) is -0.0822. The first-order valence-electron chi connectivity index (χ1n) is 9.26. The lowest BCUT2D eigenvalue weighted by Crippen LogP contribution is -2.27. The number of thiocarbonyl (C=S) groups is 1. The van der Waals surface area contributed by atoms with E-state index in [0.29, 0.717) is 32.3 Å². The number of carboxylic acid groups (broad SMARTS) is 1. The van der Waals surface area contributed by atoms with Crippen molar-refractivity contribution in [3.05, 3.63) is 87.0 Å². The summed E-state index contributed by atoms with van der Waals surface area (Å²) < 4.78 is 6.31. The van der Waals surface area contributed by atoms with Gasteiger partial charge in [0.15, 0.2) is 0 Å². The monoisotopic (exact) mass is 469 g/mol. The molecule has 0 unspecified atom stereocenters. The first kappa shape index (κ1) is 21.4. The van der Waals surface area contributed by atoms with Crippen molar-refractivity contribution in [3.8, 4) is 11.3 Å². The smallest absolute Gasteiger partial charge is 0.335 e. The first-order valence-corrected chi connectivity index (χ1v) is 10.9. The predicted octanol–water partition coefficient (Wildman–Crippen LogP) is 6.01. The van der Waals surface area contributed by atoms with E-state index in [2.05, 4.69) is 0 Å². The van der Waals surface area contributed by atoms with E-state index in [0.717, 1.165) is 16.7 Å². The molecule has 1 saturated heterocycles. The summed E-state index contributed by atoms with van der Waals surface area (Å²) >= 11 is 12.8. The van der Waals surface area contributed by atoms with Crippen LogP contribution in [0.4, 0.5) is 0 Å². The Morgan fingerprint density at radius 1 is 1.19 bits per heavy atom. The number of nitrogens with zero attached hydrogens (tertiary/aromatic N) is 1. The van der Waals surface area contributed by atoms with Gasteiger partial charge in [0, 0.05) is 16.7 Å². The first-order chi connectivity index (χ1) is 14.8. The molecule has 31 heavy (non-hydrogen) atoms. The van der Waals surface area contributed by atoms with Crippen LogP contribution in [0.1, 0.15) is 27.2 Å². The number of rotatable bonds is 5. The predicted molar refractivity (Wildman–Crippen MR) is 126 cm³/mol. The van der Waals surface area contributed by atoms with Crippen LogP contribution in [0.5, 0.6) is 0 Å². The van der Waals surface area contributed by atoms with Crippen molar-refractivity contribution in [1.29, 1.82) is 0 Å². The highest BCUT2D eigenvalue weighted by atomic mass is 35.5. The second kappa shape index (κ2) is 8.70. The molecule has 1 N–H and O–H groups in total. The molecule has 3 aromatic rings. The van der Waals surface area contributed by atoms with E-state index in [4.69, 9.17) is 33.3 Å². The van der Waals surface area contributed by atoms with Gasteiger partial charge in [-0.3, -0.25) is 9.69 Å². The molecule has 0 radical (unpaired) electrons. The Hall–Kier alpha value is -2.87. The minimum Gasteiger partial charge on any atom is -0.478 e. The van der Waals surface area contributed by atoms with E-state index in [-0.39, 0.29) is 11.5 Å². The van der Waals surface area contributed by atoms with Crippen molar-refractivity contribution in [2.75, 3.05) is 0 Å². The fourth-order valence-electron chi connectivity index (χ4n) is 3.05. The zero-order chi connectivity index (χ0) is 22.1. The van der Waals surface area contributed by atoms with Gasteiger partial charge in [-0.25, -0.2) is 4.79 Å². The fraction of sp³-hybridized carbons (Fsp3) is 0.0870. The van der Waals surface area contributed by atoms with Crippen LogP contribution < -0.4 is 0 Å².